The average Bonchev–Trinajstić information content (AvgIpc) is 2.59. The van der Waals surface area contributed by atoms with Gasteiger partial charge in [-0.1, -0.05) is 24.3 Å². The molecule has 4 heteroatoms. The van der Waals surface area contributed by atoms with E-state index in [9.17, 15) is 4.79 Å². The number of benzene rings is 1. The summed E-state index contributed by atoms with van der Waals surface area (Å²) in [6, 6.07) is 8.68. The predicted molar refractivity (Wildman–Crippen MR) is 72.2 cm³/mol. The summed E-state index contributed by atoms with van der Waals surface area (Å²) in [4.78, 5) is 11.5. The second-order valence-corrected chi connectivity index (χ2v) is 4.55. The zero-order valence-electron chi connectivity index (χ0n) is 10.8. The van der Waals surface area contributed by atoms with E-state index in [1.807, 2.05) is 6.92 Å². The topological polar surface area (TPSA) is 53.2 Å². The van der Waals surface area contributed by atoms with Crippen LogP contribution in [0.25, 0.3) is 0 Å². The van der Waals surface area contributed by atoms with E-state index in [0.717, 1.165) is 19.5 Å². The Bertz CT molecular complexity index is 406. The summed E-state index contributed by atoms with van der Waals surface area (Å²) in [5, 5.41) is 9.56. The molecular weight excluding hydrogens is 226 g/mol. The van der Waals surface area contributed by atoms with Crippen molar-refractivity contribution in [1.82, 2.24) is 16.0 Å². The lowest BCUT2D eigenvalue weighted by atomic mass is 9.99. The van der Waals surface area contributed by atoms with Crippen LogP contribution < -0.4 is 16.0 Å². The highest BCUT2D eigenvalue weighted by Crippen LogP contribution is 2.22. The van der Waals surface area contributed by atoms with Crippen LogP contribution in [-0.4, -0.2) is 25.5 Å². The van der Waals surface area contributed by atoms with Gasteiger partial charge in [0, 0.05) is 19.1 Å². The van der Waals surface area contributed by atoms with E-state index in [2.05, 4.69) is 40.2 Å². The number of likely N-dealkylation sites (N-methyl/N-ethyl adjacent to an activating group) is 1. The van der Waals surface area contributed by atoms with Gasteiger partial charge < -0.3 is 16.0 Å². The molecule has 18 heavy (non-hydrogen) atoms. The van der Waals surface area contributed by atoms with Crippen molar-refractivity contribution < 1.29 is 4.79 Å². The quantitative estimate of drug-likeness (QED) is 0.742. The van der Waals surface area contributed by atoms with Crippen molar-refractivity contribution in [2.75, 3.05) is 19.6 Å². The summed E-state index contributed by atoms with van der Waals surface area (Å²) in [5.74, 6) is 0.0622. The molecule has 1 unspecified atom stereocenters. The SMILES string of the molecule is CCNC(=O)CNC1CCNCc2ccccc21. The summed E-state index contributed by atoms with van der Waals surface area (Å²) < 4.78 is 0. The van der Waals surface area contributed by atoms with Gasteiger partial charge in [0.25, 0.3) is 0 Å². The van der Waals surface area contributed by atoms with Crippen LogP contribution in [0, 0.1) is 0 Å². The molecule has 1 aliphatic rings. The first kappa shape index (κ1) is 13.1. The van der Waals surface area contributed by atoms with Crippen molar-refractivity contribution in [3.63, 3.8) is 0 Å². The summed E-state index contributed by atoms with van der Waals surface area (Å²) in [5.41, 5.74) is 2.63. The van der Waals surface area contributed by atoms with Crippen LogP contribution in [0.1, 0.15) is 30.5 Å². The fraction of sp³-hybridized carbons (Fsp3) is 0.500. The minimum Gasteiger partial charge on any atom is -0.355 e. The fourth-order valence-electron chi connectivity index (χ4n) is 2.35. The number of nitrogens with one attached hydrogen (secondary N) is 3. The highest BCUT2D eigenvalue weighted by Gasteiger charge is 2.17. The summed E-state index contributed by atoms with van der Waals surface area (Å²) in [6.45, 7) is 4.89. The molecule has 0 aliphatic carbocycles. The molecule has 3 N–H and O–H groups in total. The van der Waals surface area contributed by atoms with Gasteiger partial charge >= 0.3 is 0 Å². The molecule has 0 radical (unpaired) electrons. The highest BCUT2D eigenvalue weighted by molar-refractivity contribution is 5.77. The molecule has 0 spiro atoms. The van der Waals surface area contributed by atoms with Crippen molar-refractivity contribution in [1.29, 1.82) is 0 Å². The van der Waals surface area contributed by atoms with Gasteiger partial charge in [0.1, 0.15) is 0 Å². The Labute approximate surface area is 108 Å². The normalized spacial score (nSPS) is 18.8. The van der Waals surface area contributed by atoms with Gasteiger partial charge in [0.15, 0.2) is 0 Å². The molecule has 1 amide bonds. The number of carbonyl (C=O) groups excluding carboxylic acids is 1. The van der Waals surface area contributed by atoms with Gasteiger partial charge in [-0.2, -0.15) is 0 Å². The molecule has 1 heterocycles. The van der Waals surface area contributed by atoms with Crippen molar-refractivity contribution in [3.8, 4) is 0 Å². The molecule has 0 fully saturated rings. The second-order valence-electron chi connectivity index (χ2n) is 4.55. The molecule has 1 atom stereocenters. The first-order valence-corrected chi connectivity index (χ1v) is 6.60. The fourth-order valence-corrected chi connectivity index (χ4v) is 2.35. The zero-order chi connectivity index (χ0) is 12.8. The average molecular weight is 247 g/mol. The second kappa shape index (κ2) is 6.52. The van der Waals surface area contributed by atoms with E-state index in [1.54, 1.807) is 0 Å². The van der Waals surface area contributed by atoms with E-state index in [4.69, 9.17) is 0 Å². The van der Waals surface area contributed by atoms with Crippen LogP contribution in [-0.2, 0) is 11.3 Å². The van der Waals surface area contributed by atoms with E-state index in [1.165, 1.54) is 11.1 Å². The number of carbonyl (C=O) groups is 1. The van der Waals surface area contributed by atoms with E-state index >= 15 is 0 Å². The van der Waals surface area contributed by atoms with Crippen molar-refractivity contribution >= 4 is 5.91 Å². The Morgan fingerprint density at radius 3 is 3.11 bits per heavy atom. The summed E-state index contributed by atoms with van der Waals surface area (Å²) >= 11 is 0. The van der Waals surface area contributed by atoms with Crippen LogP contribution in [0.3, 0.4) is 0 Å². The number of hydrogen-bond donors (Lipinski definition) is 3. The Kier molecular flexibility index (Phi) is 4.73. The standard InChI is InChI=1S/C14H21N3O/c1-2-16-14(18)10-17-13-7-8-15-9-11-5-3-4-6-12(11)13/h3-6,13,15,17H,2,7-10H2,1H3,(H,16,18). The Morgan fingerprint density at radius 1 is 1.44 bits per heavy atom. The van der Waals surface area contributed by atoms with Gasteiger partial charge in [-0.25, -0.2) is 0 Å². The van der Waals surface area contributed by atoms with Gasteiger partial charge in [-0.05, 0) is 31.0 Å². The lowest BCUT2D eigenvalue weighted by Gasteiger charge is -2.18. The largest absolute Gasteiger partial charge is 0.355 e. The van der Waals surface area contributed by atoms with Gasteiger partial charge in [-0.15, -0.1) is 0 Å². The number of rotatable bonds is 4. The van der Waals surface area contributed by atoms with E-state index in [-0.39, 0.29) is 11.9 Å². The minimum atomic E-state index is 0.0622. The Balaban J connectivity index is 2.02. The van der Waals surface area contributed by atoms with Crippen LogP contribution in [0.2, 0.25) is 0 Å². The smallest absolute Gasteiger partial charge is 0.233 e. The van der Waals surface area contributed by atoms with Crippen LogP contribution in [0.4, 0.5) is 0 Å². The molecule has 1 aromatic rings. The molecule has 4 nitrogen and oxygen atoms in total. The van der Waals surface area contributed by atoms with Crippen LogP contribution >= 0.6 is 0 Å². The predicted octanol–water partition coefficient (Wildman–Crippen LogP) is 0.947. The lowest BCUT2D eigenvalue weighted by molar-refractivity contribution is -0.120. The van der Waals surface area contributed by atoms with Gasteiger partial charge in [0.05, 0.1) is 6.54 Å². The highest BCUT2D eigenvalue weighted by atomic mass is 16.1. The van der Waals surface area contributed by atoms with Crippen molar-refractivity contribution in [3.05, 3.63) is 35.4 Å². The summed E-state index contributed by atoms with van der Waals surface area (Å²) in [6.07, 6.45) is 1.01. The number of hydrogen-bond acceptors (Lipinski definition) is 3. The maximum absolute atomic E-state index is 11.5. The third-order valence-electron chi connectivity index (χ3n) is 3.24. The third-order valence-corrected chi connectivity index (χ3v) is 3.24. The molecule has 1 aliphatic heterocycles. The van der Waals surface area contributed by atoms with Gasteiger partial charge in [0.2, 0.25) is 5.91 Å². The molecule has 0 aromatic heterocycles. The van der Waals surface area contributed by atoms with E-state index < -0.39 is 0 Å². The molecular formula is C14H21N3O. The van der Waals surface area contributed by atoms with Gasteiger partial charge in [-0.3, -0.25) is 4.79 Å². The van der Waals surface area contributed by atoms with Crippen molar-refractivity contribution in [2.24, 2.45) is 0 Å². The molecule has 0 saturated heterocycles. The third kappa shape index (κ3) is 3.31. The first-order valence-electron chi connectivity index (χ1n) is 6.60. The van der Waals surface area contributed by atoms with Crippen LogP contribution in [0.15, 0.2) is 24.3 Å². The monoisotopic (exact) mass is 247 g/mol. The minimum absolute atomic E-state index is 0.0622. The summed E-state index contributed by atoms with van der Waals surface area (Å²) in [7, 11) is 0. The Hall–Kier alpha value is -1.39. The molecule has 98 valence electrons. The Morgan fingerprint density at radius 2 is 2.28 bits per heavy atom. The molecule has 0 bridgehead atoms. The lowest BCUT2D eigenvalue weighted by Crippen LogP contribution is -2.36. The zero-order valence-corrected chi connectivity index (χ0v) is 10.8. The van der Waals surface area contributed by atoms with Crippen LogP contribution in [0.5, 0.6) is 0 Å². The first-order chi connectivity index (χ1) is 8.81. The molecule has 1 aromatic carbocycles. The van der Waals surface area contributed by atoms with Crippen molar-refractivity contribution in [2.45, 2.75) is 25.9 Å². The molecule has 0 saturated carbocycles. The van der Waals surface area contributed by atoms with E-state index in [0.29, 0.717) is 13.1 Å². The molecule has 2 rings (SSSR count). The maximum Gasteiger partial charge on any atom is 0.233 e. The maximum atomic E-state index is 11.5. The number of amides is 1. The number of fused-ring (bicyclic) bond motifs is 1.